The maximum Gasteiger partial charge on any atom is 0.416 e. The number of aryl methyl sites for hydroxylation is 2. The van der Waals surface area contributed by atoms with Crippen molar-refractivity contribution in [1.29, 1.82) is 0 Å². The van der Waals surface area contributed by atoms with Gasteiger partial charge in [0.05, 0.1) is 11.3 Å². The molecule has 0 spiro atoms. The number of anilines is 2. The topological polar surface area (TPSA) is 102 Å². The van der Waals surface area contributed by atoms with Crippen LogP contribution in [0, 0.1) is 6.92 Å². The van der Waals surface area contributed by atoms with E-state index < -0.39 is 17.6 Å². The predicted molar refractivity (Wildman–Crippen MR) is 143 cm³/mol. The Hall–Kier alpha value is -5.00. The van der Waals surface area contributed by atoms with Gasteiger partial charge in [-0.3, -0.25) is 9.78 Å². The van der Waals surface area contributed by atoms with Crippen LogP contribution in [0.3, 0.4) is 0 Å². The van der Waals surface area contributed by atoms with Gasteiger partial charge in [0.25, 0.3) is 5.91 Å². The number of hydrogen-bond donors (Lipinski definition) is 2. The average molecular weight is 545 g/mol. The van der Waals surface area contributed by atoms with Crippen molar-refractivity contribution in [2.24, 2.45) is 12.0 Å². The number of aromatic nitrogens is 5. The Morgan fingerprint density at radius 2 is 1.90 bits per heavy atom. The van der Waals surface area contributed by atoms with E-state index in [-0.39, 0.29) is 5.69 Å². The van der Waals surface area contributed by atoms with Crippen LogP contribution >= 0.6 is 0 Å². The molecule has 12 heteroatoms. The predicted octanol–water partition coefficient (Wildman–Crippen LogP) is 5.02. The number of carbonyl (C=O) groups excluding carboxylic acids is 1. The summed E-state index contributed by atoms with van der Waals surface area (Å²) in [4.78, 5) is 29.9. The summed E-state index contributed by atoms with van der Waals surface area (Å²) in [5, 5.41) is 6.14. The van der Waals surface area contributed by atoms with E-state index in [0.717, 1.165) is 65.2 Å². The molecule has 0 aliphatic carbocycles. The van der Waals surface area contributed by atoms with Crippen molar-refractivity contribution in [3.63, 3.8) is 0 Å². The lowest BCUT2D eigenvalue weighted by Gasteiger charge is -2.19. The van der Waals surface area contributed by atoms with E-state index in [1.165, 1.54) is 0 Å². The maximum atomic E-state index is 13.1. The summed E-state index contributed by atoms with van der Waals surface area (Å²) in [5.41, 5.74) is 4.32. The molecule has 1 amide bonds. The second kappa shape index (κ2) is 9.63. The SMILES string of the molecule is Cc1ccc(NC(=O)c2cc(C(F)(F)F)ccn2)cc1-c1cc2cn/c(=N/c3nccn3C)cc-2n2c1NCC2. The van der Waals surface area contributed by atoms with Crippen molar-refractivity contribution < 1.29 is 18.0 Å². The summed E-state index contributed by atoms with van der Waals surface area (Å²) in [7, 11) is 1.87. The molecule has 202 valence electrons. The van der Waals surface area contributed by atoms with Gasteiger partial charge in [-0.1, -0.05) is 6.07 Å². The van der Waals surface area contributed by atoms with Crippen LogP contribution in [0.4, 0.5) is 30.6 Å². The monoisotopic (exact) mass is 544 g/mol. The van der Waals surface area contributed by atoms with Crippen LogP contribution in [0.25, 0.3) is 22.4 Å². The number of amides is 1. The van der Waals surface area contributed by atoms with E-state index in [4.69, 9.17) is 0 Å². The summed E-state index contributed by atoms with van der Waals surface area (Å²) in [6.07, 6.45) is 1.67. The van der Waals surface area contributed by atoms with E-state index in [1.807, 2.05) is 42.9 Å². The van der Waals surface area contributed by atoms with Crippen LogP contribution in [0.1, 0.15) is 21.6 Å². The molecule has 0 fully saturated rings. The number of imidazole rings is 1. The first-order valence-corrected chi connectivity index (χ1v) is 12.4. The molecule has 40 heavy (non-hydrogen) atoms. The normalized spacial score (nSPS) is 13.4. The fourth-order valence-electron chi connectivity index (χ4n) is 4.74. The molecule has 0 saturated carbocycles. The third-order valence-corrected chi connectivity index (χ3v) is 6.76. The van der Waals surface area contributed by atoms with Crippen LogP contribution < -0.4 is 16.1 Å². The molecule has 0 radical (unpaired) electrons. The second-order valence-corrected chi connectivity index (χ2v) is 9.45. The molecule has 0 saturated heterocycles. The van der Waals surface area contributed by atoms with Crippen LogP contribution in [-0.2, 0) is 19.8 Å². The lowest BCUT2D eigenvalue weighted by Crippen LogP contribution is -2.16. The summed E-state index contributed by atoms with van der Waals surface area (Å²) < 4.78 is 43.3. The maximum absolute atomic E-state index is 13.1. The fraction of sp³-hybridized carbons (Fsp3) is 0.179. The van der Waals surface area contributed by atoms with Gasteiger partial charge in [-0.15, -0.1) is 0 Å². The Morgan fingerprint density at radius 3 is 2.67 bits per heavy atom. The quantitative estimate of drug-likeness (QED) is 0.331. The van der Waals surface area contributed by atoms with Crippen LogP contribution in [0.15, 0.2) is 72.2 Å². The zero-order valence-electron chi connectivity index (χ0n) is 21.5. The molecule has 2 aromatic heterocycles. The second-order valence-electron chi connectivity index (χ2n) is 9.45. The zero-order valence-corrected chi connectivity index (χ0v) is 21.5. The number of pyridine rings is 3. The molecule has 9 nitrogen and oxygen atoms in total. The number of nitrogens with zero attached hydrogens (tertiary/aromatic N) is 6. The van der Waals surface area contributed by atoms with Crippen molar-refractivity contribution in [3.05, 3.63) is 89.6 Å². The highest BCUT2D eigenvalue weighted by atomic mass is 19.4. The summed E-state index contributed by atoms with van der Waals surface area (Å²) in [6, 6.07) is 10.9. The minimum Gasteiger partial charge on any atom is -0.369 e. The molecule has 0 unspecified atom stereocenters. The van der Waals surface area contributed by atoms with E-state index in [1.54, 1.807) is 24.5 Å². The minimum atomic E-state index is -4.57. The van der Waals surface area contributed by atoms with Crippen molar-refractivity contribution >= 4 is 23.4 Å². The standard InChI is InChI=1S/C28H23F3N8O/c1-16-3-4-19(36-26(40)22-12-18(5-6-32-22)28(29,30)31)13-20(16)21-11-17-15-35-24(37-27-34-7-9-38(27)2)14-23(17)39-10-8-33-25(21)39/h3-7,9,11-15,33H,8,10H2,1-2H3,(H,36,40)/b37-24+. The Bertz CT molecular complexity index is 1800. The summed E-state index contributed by atoms with van der Waals surface area (Å²) in [5.74, 6) is 0.733. The van der Waals surface area contributed by atoms with Gasteiger partial charge in [0.2, 0.25) is 5.95 Å². The number of halogens is 3. The molecule has 0 bridgehead atoms. The minimum absolute atomic E-state index is 0.321. The Kier molecular flexibility index (Phi) is 6.09. The number of rotatable bonds is 4. The number of alkyl halides is 3. The van der Waals surface area contributed by atoms with E-state index >= 15 is 0 Å². The highest BCUT2D eigenvalue weighted by Crippen LogP contribution is 2.39. The Labute approximate surface area is 226 Å². The van der Waals surface area contributed by atoms with Gasteiger partial charge in [0.1, 0.15) is 11.5 Å². The van der Waals surface area contributed by atoms with Crippen LogP contribution in [0.5, 0.6) is 0 Å². The Morgan fingerprint density at radius 1 is 1.05 bits per heavy atom. The van der Waals surface area contributed by atoms with Crippen molar-refractivity contribution in [1.82, 2.24) is 24.1 Å². The van der Waals surface area contributed by atoms with Crippen molar-refractivity contribution in [2.45, 2.75) is 19.6 Å². The number of benzene rings is 1. The zero-order chi connectivity index (χ0) is 28.0. The first kappa shape index (κ1) is 25.3. The van der Waals surface area contributed by atoms with Gasteiger partial charge in [-0.05, 0) is 48.4 Å². The molecule has 3 aromatic rings. The van der Waals surface area contributed by atoms with Crippen LogP contribution in [-0.4, -0.2) is 36.5 Å². The van der Waals surface area contributed by atoms with E-state index in [0.29, 0.717) is 17.1 Å². The molecule has 5 heterocycles. The third-order valence-electron chi connectivity index (χ3n) is 6.76. The molecule has 1 aromatic carbocycles. The third kappa shape index (κ3) is 4.68. The largest absolute Gasteiger partial charge is 0.416 e. The highest BCUT2D eigenvalue weighted by Gasteiger charge is 2.31. The van der Waals surface area contributed by atoms with Crippen LogP contribution in [0.2, 0.25) is 0 Å². The van der Waals surface area contributed by atoms with Gasteiger partial charge in [-0.2, -0.15) is 18.2 Å². The van der Waals surface area contributed by atoms with Gasteiger partial charge in [0, 0.05) is 67.8 Å². The lowest BCUT2D eigenvalue weighted by atomic mass is 9.97. The molecule has 3 aliphatic heterocycles. The van der Waals surface area contributed by atoms with Gasteiger partial charge in [0.15, 0.2) is 5.49 Å². The molecular weight excluding hydrogens is 521 g/mol. The smallest absolute Gasteiger partial charge is 0.369 e. The lowest BCUT2D eigenvalue weighted by molar-refractivity contribution is -0.137. The fourth-order valence-corrected chi connectivity index (χ4v) is 4.74. The molecular formula is C28H23F3N8O. The number of fused-ring (bicyclic) bond motifs is 3. The number of hydrogen-bond acceptors (Lipinski definition) is 6. The summed E-state index contributed by atoms with van der Waals surface area (Å²) >= 11 is 0. The molecule has 3 aliphatic rings. The van der Waals surface area contributed by atoms with Crippen molar-refractivity contribution in [2.75, 3.05) is 17.2 Å². The first-order chi connectivity index (χ1) is 19.2. The molecule has 6 rings (SSSR count). The van der Waals surface area contributed by atoms with Crippen molar-refractivity contribution in [3.8, 4) is 22.4 Å². The summed E-state index contributed by atoms with van der Waals surface area (Å²) in [6.45, 7) is 3.43. The average Bonchev–Trinajstić information content (AvgIpc) is 3.59. The van der Waals surface area contributed by atoms with Gasteiger partial charge >= 0.3 is 6.18 Å². The molecule has 2 N–H and O–H groups in total. The van der Waals surface area contributed by atoms with Gasteiger partial charge < -0.3 is 19.8 Å². The first-order valence-electron chi connectivity index (χ1n) is 12.4. The number of nitrogens with one attached hydrogen (secondary N) is 2. The van der Waals surface area contributed by atoms with E-state index in [9.17, 15) is 18.0 Å². The Balaban J connectivity index is 1.38. The molecule has 0 atom stereocenters. The van der Waals surface area contributed by atoms with Gasteiger partial charge in [-0.25, -0.2) is 9.97 Å². The van der Waals surface area contributed by atoms with E-state index in [2.05, 4.69) is 35.1 Å². The number of carbonyl (C=O) groups is 1. The highest BCUT2D eigenvalue weighted by molar-refractivity contribution is 6.03.